The zero-order chi connectivity index (χ0) is 7.66. The summed E-state index contributed by atoms with van der Waals surface area (Å²) in [5.74, 6) is 0. The van der Waals surface area contributed by atoms with Gasteiger partial charge in [-0.3, -0.25) is 4.99 Å². The summed E-state index contributed by atoms with van der Waals surface area (Å²) in [5.41, 5.74) is 0. The van der Waals surface area contributed by atoms with E-state index >= 15 is 0 Å². The number of carbonyl (C=O) groups is 1. The molecule has 2 heteroatoms. The van der Waals surface area contributed by atoms with Crippen LogP contribution in [0.4, 0.5) is 0 Å². The normalized spacial score (nSPS) is 10.5. The molecule has 0 saturated carbocycles. The molecule has 0 bridgehead atoms. The molecular formula is C8H15NO. The third-order valence-electron chi connectivity index (χ3n) is 1.14. The van der Waals surface area contributed by atoms with Crippen LogP contribution in [-0.2, 0) is 4.79 Å². The van der Waals surface area contributed by atoms with Crippen molar-refractivity contribution in [2.24, 2.45) is 4.99 Å². The van der Waals surface area contributed by atoms with Crippen LogP contribution < -0.4 is 0 Å². The number of hydrogen-bond donors (Lipinski definition) is 0. The van der Waals surface area contributed by atoms with Gasteiger partial charge in [0.1, 0.15) is 6.29 Å². The summed E-state index contributed by atoms with van der Waals surface area (Å²) in [5, 5.41) is 0. The Labute approximate surface area is 62.4 Å². The van der Waals surface area contributed by atoms with Crippen LogP contribution in [0.1, 0.15) is 32.6 Å². The van der Waals surface area contributed by atoms with E-state index in [0.717, 1.165) is 32.1 Å². The first kappa shape index (κ1) is 9.34. The maximum atomic E-state index is 9.85. The molecule has 0 unspecified atom stereocenters. The number of nitrogens with zero attached hydrogens (tertiary/aromatic N) is 1. The number of carbonyl (C=O) groups excluding carboxylic acids is 1. The highest BCUT2D eigenvalue weighted by molar-refractivity contribution is 5.58. The first-order valence-corrected chi connectivity index (χ1v) is 3.83. The Bertz CT molecular complexity index is 99.4. The molecule has 0 atom stereocenters. The molecule has 0 saturated heterocycles. The monoisotopic (exact) mass is 141 g/mol. The lowest BCUT2D eigenvalue weighted by Crippen LogP contribution is -1.81. The minimum Gasteiger partial charge on any atom is -0.303 e. The molecule has 10 heavy (non-hydrogen) atoms. The van der Waals surface area contributed by atoms with Crippen molar-refractivity contribution < 1.29 is 4.79 Å². The third-order valence-corrected chi connectivity index (χ3v) is 1.14. The number of aliphatic imine (C=N–C) groups is 1. The second-order valence-electron chi connectivity index (χ2n) is 2.19. The van der Waals surface area contributed by atoms with Crippen LogP contribution in [0.5, 0.6) is 0 Å². The van der Waals surface area contributed by atoms with Crippen LogP contribution in [-0.4, -0.2) is 19.0 Å². The van der Waals surface area contributed by atoms with Gasteiger partial charge in [-0.25, -0.2) is 0 Å². The first-order valence-electron chi connectivity index (χ1n) is 3.83. The number of unbranched alkanes of at least 4 members (excludes halogenated alkanes) is 2. The molecule has 0 amide bonds. The van der Waals surface area contributed by atoms with Crippen LogP contribution in [0.15, 0.2) is 4.99 Å². The zero-order valence-electron chi connectivity index (χ0n) is 6.55. The van der Waals surface area contributed by atoms with Gasteiger partial charge in [0, 0.05) is 13.0 Å². The van der Waals surface area contributed by atoms with E-state index in [0.29, 0.717) is 6.42 Å². The van der Waals surface area contributed by atoms with E-state index in [4.69, 9.17) is 0 Å². The molecule has 58 valence electrons. The van der Waals surface area contributed by atoms with E-state index in [9.17, 15) is 4.79 Å². The summed E-state index contributed by atoms with van der Waals surface area (Å²) in [6.45, 7) is 3.02. The van der Waals surface area contributed by atoms with E-state index in [1.807, 2.05) is 6.21 Å². The molecule has 0 aliphatic carbocycles. The summed E-state index contributed by atoms with van der Waals surface area (Å²) in [7, 11) is 0. The van der Waals surface area contributed by atoms with Crippen molar-refractivity contribution in [2.75, 3.05) is 6.54 Å². The molecular weight excluding hydrogens is 126 g/mol. The van der Waals surface area contributed by atoms with E-state index in [1.165, 1.54) is 0 Å². The zero-order valence-corrected chi connectivity index (χ0v) is 6.55. The molecule has 0 aliphatic heterocycles. The minimum absolute atomic E-state index is 0.665. The average molecular weight is 141 g/mol. The van der Waals surface area contributed by atoms with Crippen molar-refractivity contribution in [3.05, 3.63) is 0 Å². The van der Waals surface area contributed by atoms with Gasteiger partial charge in [-0.2, -0.15) is 0 Å². The largest absolute Gasteiger partial charge is 0.303 e. The second-order valence-corrected chi connectivity index (χ2v) is 2.19. The summed E-state index contributed by atoms with van der Waals surface area (Å²) >= 11 is 0. The molecule has 0 aliphatic rings. The lowest BCUT2D eigenvalue weighted by atomic mass is 10.3. The predicted molar refractivity (Wildman–Crippen MR) is 43.6 cm³/mol. The minimum atomic E-state index is 0.665. The van der Waals surface area contributed by atoms with Crippen molar-refractivity contribution in [1.82, 2.24) is 0 Å². The Morgan fingerprint density at radius 3 is 2.80 bits per heavy atom. The van der Waals surface area contributed by atoms with Crippen LogP contribution in [0.3, 0.4) is 0 Å². The van der Waals surface area contributed by atoms with Crippen molar-refractivity contribution in [2.45, 2.75) is 32.6 Å². The molecule has 0 radical (unpaired) electrons. The van der Waals surface area contributed by atoms with Gasteiger partial charge in [-0.15, -0.1) is 0 Å². The van der Waals surface area contributed by atoms with E-state index in [2.05, 4.69) is 11.9 Å². The highest BCUT2D eigenvalue weighted by Gasteiger charge is 1.80. The van der Waals surface area contributed by atoms with Gasteiger partial charge in [-0.05, 0) is 25.5 Å². The standard InChI is InChI=1S/C8H15NO/c1-2-6-9-7-4-3-5-8-10/h7-8H,2-6H2,1H3/b9-7+. The van der Waals surface area contributed by atoms with Gasteiger partial charge in [0.2, 0.25) is 0 Å². The van der Waals surface area contributed by atoms with E-state index in [1.54, 1.807) is 0 Å². The van der Waals surface area contributed by atoms with Crippen molar-refractivity contribution >= 4 is 12.5 Å². The van der Waals surface area contributed by atoms with Crippen LogP contribution in [0, 0.1) is 0 Å². The molecule has 0 aromatic rings. The van der Waals surface area contributed by atoms with Gasteiger partial charge in [0.15, 0.2) is 0 Å². The fraction of sp³-hybridized carbons (Fsp3) is 0.750. The Balaban J connectivity index is 2.94. The van der Waals surface area contributed by atoms with Gasteiger partial charge >= 0.3 is 0 Å². The molecule has 0 aromatic carbocycles. The summed E-state index contributed by atoms with van der Waals surface area (Å²) in [6, 6.07) is 0. The van der Waals surface area contributed by atoms with Gasteiger partial charge in [0.25, 0.3) is 0 Å². The highest BCUT2D eigenvalue weighted by Crippen LogP contribution is 1.88. The van der Waals surface area contributed by atoms with Crippen molar-refractivity contribution in [1.29, 1.82) is 0 Å². The summed E-state index contributed by atoms with van der Waals surface area (Å²) in [6.07, 6.45) is 6.51. The first-order chi connectivity index (χ1) is 4.91. The molecule has 0 spiro atoms. The summed E-state index contributed by atoms with van der Waals surface area (Å²) in [4.78, 5) is 14.0. The quantitative estimate of drug-likeness (QED) is 0.315. The van der Waals surface area contributed by atoms with Crippen LogP contribution >= 0.6 is 0 Å². The van der Waals surface area contributed by atoms with Gasteiger partial charge in [-0.1, -0.05) is 6.92 Å². The maximum absolute atomic E-state index is 9.85. The van der Waals surface area contributed by atoms with Gasteiger partial charge < -0.3 is 4.79 Å². The molecule has 0 aromatic heterocycles. The molecule has 0 heterocycles. The molecule has 0 fully saturated rings. The van der Waals surface area contributed by atoms with Crippen molar-refractivity contribution in [3.8, 4) is 0 Å². The van der Waals surface area contributed by atoms with E-state index < -0.39 is 0 Å². The Hall–Kier alpha value is -0.660. The maximum Gasteiger partial charge on any atom is 0.120 e. The fourth-order valence-electron chi connectivity index (χ4n) is 0.604. The Morgan fingerprint density at radius 1 is 1.40 bits per heavy atom. The average Bonchev–Trinajstić information content (AvgIpc) is 1.97. The van der Waals surface area contributed by atoms with Gasteiger partial charge in [0.05, 0.1) is 0 Å². The fourth-order valence-corrected chi connectivity index (χ4v) is 0.604. The number of aldehydes is 1. The summed E-state index contributed by atoms with van der Waals surface area (Å²) < 4.78 is 0. The smallest absolute Gasteiger partial charge is 0.120 e. The third kappa shape index (κ3) is 7.34. The van der Waals surface area contributed by atoms with Crippen LogP contribution in [0.2, 0.25) is 0 Å². The predicted octanol–water partition coefficient (Wildman–Crippen LogP) is 1.84. The Kier molecular flexibility index (Phi) is 7.79. The lowest BCUT2D eigenvalue weighted by Gasteiger charge is -1.87. The Morgan fingerprint density at radius 2 is 2.20 bits per heavy atom. The highest BCUT2D eigenvalue weighted by atomic mass is 16.1. The molecule has 0 N–H and O–H groups in total. The topological polar surface area (TPSA) is 29.4 Å². The van der Waals surface area contributed by atoms with Crippen molar-refractivity contribution in [3.63, 3.8) is 0 Å². The van der Waals surface area contributed by atoms with E-state index in [-0.39, 0.29) is 0 Å². The lowest BCUT2D eigenvalue weighted by molar-refractivity contribution is -0.107. The number of rotatable bonds is 6. The van der Waals surface area contributed by atoms with Crippen LogP contribution in [0.25, 0.3) is 0 Å². The SMILES string of the molecule is CCC/N=C/CCCC=O. The molecule has 0 rings (SSSR count). The molecule has 2 nitrogen and oxygen atoms in total. The second kappa shape index (κ2) is 8.34. The number of hydrogen-bond acceptors (Lipinski definition) is 2.